The van der Waals surface area contributed by atoms with E-state index in [2.05, 4.69) is 5.10 Å². The maximum atomic E-state index is 10.9. The van der Waals surface area contributed by atoms with E-state index in [0.717, 1.165) is 11.1 Å². The molecule has 0 fully saturated rings. The third-order valence-corrected chi connectivity index (χ3v) is 3.28. The van der Waals surface area contributed by atoms with Gasteiger partial charge in [0.1, 0.15) is 0 Å². The van der Waals surface area contributed by atoms with Crippen molar-refractivity contribution in [2.45, 2.75) is 6.54 Å². The average molecular weight is 283 g/mol. The molecular weight excluding hydrogens is 270 g/mol. The number of aromatic nitrogens is 2. The standard InChI is InChI=1S/C15H13N3O3/c1-21-15-13-9-12(18(19)20)7-8-14(13)17(16-15)10-11-5-3-2-4-6-11/h2-9H,10H2,1H3. The first-order valence-electron chi connectivity index (χ1n) is 6.42. The van der Waals surface area contributed by atoms with E-state index in [1.165, 1.54) is 19.2 Å². The van der Waals surface area contributed by atoms with Crippen LogP contribution in [0.3, 0.4) is 0 Å². The predicted octanol–water partition coefficient (Wildman–Crippen LogP) is 3.00. The zero-order valence-electron chi connectivity index (χ0n) is 11.4. The fraction of sp³-hybridized carbons (Fsp3) is 0.133. The summed E-state index contributed by atoms with van der Waals surface area (Å²) in [5.41, 5.74) is 1.93. The van der Waals surface area contributed by atoms with Crippen molar-refractivity contribution in [3.05, 3.63) is 64.2 Å². The molecule has 0 N–H and O–H groups in total. The molecule has 0 bridgehead atoms. The Morgan fingerprint density at radius 1 is 1.24 bits per heavy atom. The maximum Gasteiger partial charge on any atom is 0.270 e. The van der Waals surface area contributed by atoms with Crippen LogP contribution >= 0.6 is 0 Å². The van der Waals surface area contributed by atoms with Gasteiger partial charge in [-0.15, -0.1) is 5.10 Å². The van der Waals surface area contributed by atoms with Crippen molar-refractivity contribution in [2.24, 2.45) is 0 Å². The summed E-state index contributed by atoms with van der Waals surface area (Å²) in [4.78, 5) is 10.5. The van der Waals surface area contributed by atoms with Crippen molar-refractivity contribution in [3.8, 4) is 5.88 Å². The highest BCUT2D eigenvalue weighted by Crippen LogP contribution is 2.29. The summed E-state index contributed by atoms with van der Waals surface area (Å²) in [7, 11) is 1.51. The molecule has 0 aliphatic rings. The van der Waals surface area contributed by atoms with Crippen LogP contribution in [-0.2, 0) is 6.54 Å². The first-order valence-corrected chi connectivity index (χ1v) is 6.42. The van der Waals surface area contributed by atoms with Crippen LogP contribution in [0.1, 0.15) is 5.56 Å². The van der Waals surface area contributed by atoms with E-state index in [0.29, 0.717) is 17.8 Å². The molecule has 0 radical (unpaired) electrons. The van der Waals surface area contributed by atoms with Crippen LogP contribution in [0, 0.1) is 10.1 Å². The van der Waals surface area contributed by atoms with Gasteiger partial charge in [-0.1, -0.05) is 30.3 Å². The number of rotatable bonds is 4. The van der Waals surface area contributed by atoms with Gasteiger partial charge in [0.05, 0.1) is 29.5 Å². The lowest BCUT2D eigenvalue weighted by Gasteiger charge is -2.03. The molecule has 1 aromatic heterocycles. The minimum atomic E-state index is -0.423. The lowest BCUT2D eigenvalue weighted by Crippen LogP contribution is -2.01. The Balaban J connectivity index is 2.09. The van der Waals surface area contributed by atoms with Crippen molar-refractivity contribution >= 4 is 16.6 Å². The molecule has 0 amide bonds. The quantitative estimate of drug-likeness (QED) is 0.545. The largest absolute Gasteiger partial charge is 0.479 e. The summed E-state index contributed by atoms with van der Waals surface area (Å²) < 4.78 is 7.01. The Morgan fingerprint density at radius 3 is 2.67 bits per heavy atom. The monoisotopic (exact) mass is 283 g/mol. The number of ether oxygens (including phenoxy) is 1. The fourth-order valence-electron chi connectivity index (χ4n) is 2.28. The zero-order chi connectivity index (χ0) is 14.8. The van der Waals surface area contributed by atoms with Crippen LogP contribution in [-0.4, -0.2) is 21.8 Å². The highest BCUT2D eigenvalue weighted by Gasteiger charge is 2.15. The summed E-state index contributed by atoms with van der Waals surface area (Å²) in [6.07, 6.45) is 0. The molecule has 3 aromatic rings. The van der Waals surface area contributed by atoms with Crippen LogP contribution in [0.2, 0.25) is 0 Å². The number of nitro benzene ring substituents is 1. The summed E-state index contributed by atoms with van der Waals surface area (Å²) in [6.45, 7) is 0.582. The van der Waals surface area contributed by atoms with Crippen molar-refractivity contribution in [1.29, 1.82) is 0 Å². The molecule has 3 rings (SSSR count). The van der Waals surface area contributed by atoms with Crippen LogP contribution in [0.25, 0.3) is 10.9 Å². The summed E-state index contributed by atoms with van der Waals surface area (Å²) in [5.74, 6) is 0.393. The SMILES string of the molecule is COc1nn(Cc2ccccc2)c2ccc([N+](=O)[O-])cc12. The first-order chi connectivity index (χ1) is 10.2. The van der Waals surface area contributed by atoms with Gasteiger partial charge in [0.2, 0.25) is 5.88 Å². The molecule has 21 heavy (non-hydrogen) atoms. The smallest absolute Gasteiger partial charge is 0.270 e. The van der Waals surface area contributed by atoms with Gasteiger partial charge in [0, 0.05) is 12.1 Å². The molecular formula is C15H13N3O3. The van der Waals surface area contributed by atoms with Gasteiger partial charge in [0.25, 0.3) is 5.69 Å². The second-order valence-corrected chi connectivity index (χ2v) is 4.61. The van der Waals surface area contributed by atoms with Gasteiger partial charge >= 0.3 is 0 Å². The van der Waals surface area contributed by atoms with Gasteiger partial charge in [-0.05, 0) is 11.6 Å². The van der Waals surface area contributed by atoms with Gasteiger partial charge in [-0.2, -0.15) is 0 Å². The lowest BCUT2D eigenvalue weighted by molar-refractivity contribution is -0.384. The molecule has 0 saturated heterocycles. The predicted molar refractivity (Wildman–Crippen MR) is 78.5 cm³/mol. The van der Waals surface area contributed by atoms with E-state index in [4.69, 9.17) is 4.74 Å². The molecule has 0 aliphatic heterocycles. The number of fused-ring (bicyclic) bond motifs is 1. The third-order valence-electron chi connectivity index (χ3n) is 3.28. The van der Waals surface area contributed by atoms with Crippen LogP contribution < -0.4 is 4.74 Å². The molecule has 1 heterocycles. The number of benzene rings is 2. The Kier molecular flexibility index (Phi) is 3.27. The third kappa shape index (κ3) is 2.43. The van der Waals surface area contributed by atoms with E-state index in [-0.39, 0.29) is 5.69 Å². The molecule has 6 nitrogen and oxygen atoms in total. The fourth-order valence-corrected chi connectivity index (χ4v) is 2.28. The minimum Gasteiger partial charge on any atom is -0.479 e. The number of nitrogens with zero attached hydrogens (tertiary/aromatic N) is 3. The van der Waals surface area contributed by atoms with E-state index in [1.54, 1.807) is 10.7 Å². The molecule has 0 atom stereocenters. The maximum absolute atomic E-state index is 10.9. The Morgan fingerprint density at radius 2 is 2.00 bits per heavy atom. The van der Waals surface area contributed by atoms with E-state index < -0.39 is 4.92 Å². The summed E-state index contributed by atoms with van der Waals surface area (Å²) in [5, 5.41) is 15.9. The number of methoxy groups -OCH3 is 1. The number of hydrogen-bond acceptors (Lipinski definition) is 4. The van der Waals surface area contributed by atoms with Crippen molar-refractivity contribution in [3.63, 3.8) is 0 Å². The molecule has 106 valence electrons. The lowest BCUT2D eigenvalue weighted by atomic mass is 10.2. The minimum absolute atomic E-state index is 0.0278. The second-order valence-electron chi connectivity index (χ2n) is 4.61. The zero-order valence-corrected chi connectivity index (χ0v) is 11.4. The Labute approximate surface area is 120 Å². The summed E-state index contributed by atoms with van der Waals surface area (Å²) >= 11 is 0. The molecule has 0 aliphatic carbocycles. The number of hydrogen-bond donors (Lipinski definition) is 0. The van der Waals surface area contributed by atoms with Crippen LogP contribution in [0.4, 0.5) is 5.69 Å². The van der Waals surface area contributed by atoms with Crippen LogP contribution in [0.5, 0.6) is 5.88 Å². The van der Waals surface area contributed by atoms with E-state index in [9.17, 15) is 10.1 Å². The highest BCUT2D eigenvalue weighted by molar-refractivity contribution is 5.86. The molecule has 0 saturated carbocycles. The summed E-state index contributed by atoms with van der Waals surface area (Å²) in [6, 6.07) is 14.6. The number of nitro groups is 1. The Hall–Kier alpha value is -2.89. The van der Waals surface area contributed by atoms with Gasteiger partial charge in [0.15, 0.2) is 0 Å². The second kappa shape index (κ2) is 5.24. The normalized spacial score (nSPS) is 10.7. The van der Waals surface area contributed by atoms with Crippen LogP contribution in [0.15, 0.2) is 48.5 Å². The van der Waals surface area contributed by atoms with Crippen molar-refractivity contribution in [2.75, 3.05) is 7.11 Å². The topological polar surface area (TPSA) is 70.2 Å². The molecule has 0 spiro atoms. The van der Waals surface area contributed by atoms with Gasteiger partial charge in [-0.25, -0.2) is 0 Å². The first kappa shape index (κ1) is 13.1. The highest BCUT2D eigenvalue weighted by atomic mass is 16.6. The molecule has 6 heteroatoms. The Bertz CT molecular complexity index is 797. The van der Waals surface area contributed by atoms with Crippen molar-refractivity contribution in [1.82, 2.24) is 9.78 Å². The van der Waals surface area contributed by atoms with Gasteiger partial charge in [-0.3, -0.25) is 14.8 Å². The average Bonchev–Trinajstić information content (AvgIpc) is 2.85. The van der Waals surface area contributed by atoms with E-state index in [1.807, 2.05) is 30.3 Å². The molecule has 0 unspecified atom stereocenters. The van der Waals surface area contributed by atoms with Crippen molar-refractivity contribution < 1.29 is 9.66 Å². The van der Waals surface area contributed by atoms with E-state index >= 15 is 0 Å². The van der Waals surface area contributed by atoms with Gasteiger partial charge < -0.3 is 4.74 Å². The number of non-ortho nitro benzene ring substituents is 1. The molecule has 2 aromatic carbocycles.